The van der Waals surface area contributed by atoms with Crippen molar-refractivity contribution in [3.63, 3.8) is 0 Å². The van der Waals surface area contributed by atoms with Crippen molar-refractivity contribution in [1.29, 1.82) is 0 Å². The zero-order valence-corrected chi connectivity index (χ0v) is 13.4. The lowest BCUT2D eigenvalue weighted by Crippen LogP contribution is -2.20. The van der Waals surface area contributed by atoms with E-state index in [0.717, 1.165) is 11.4 Å². The van der Waals surface area contributed by atoms with Crippen LogP contribution in [0.5, 0.6) is 0 Å². The highest BCUT2D eigenvalue weighted by atomic mass is 16.5. The summed E-state index contributed by atoms with van der Waals surface area (Å²) in [5, 5.41) is 3.31. The normalized spacial score (nSPS) is 12.2. The van der Waals surface area contributed by atoms with Gasteiger partial charge in [-0.25, -0.2) is 0 Å². The Morgan fingerprint density at radius 2 is 1.64 bits per heavy atom. The number of hydrogen-bond donors (Lipinski definition) is 1. The molecule has 0 aliphatic heterocycles. The molecule has 2 aromatic rings. The molecular formula is C19H23NO2. The van der Waals surface area contributed by atoms with E-state index >= 15 is 0 Å². The molecule has 0 aliphatic rings. The zero-order valence-electron chi connectivity index (χ0n) is 13.4. The lowest BCUT2D eigenvalue weighted by molar-refractivity contribution is 0.0491. The van der Waals surface area contributed by atoms with Gasteiger partial charge < -0.3 is 10.1 Å². The summed E-state index contributed by atoms with van der Waals surface area (Å²) in [7, 11) is 0. The summed E-state index contributed by atoms with van der Waals surface area (Å²) in [5.41, 5.74) is 2.50. The van der Waals surface area contributed by atoms with E-state index in [4.69, 9.17) is 4.74 Å². The molecule has 1 atom stereocenters. The van der Waals surface area contributed by atoms with E-state index < -0.39 is 0 Å². The maximum atomic E-state index is 12.6. The van der Waals surface area contributed by atoms with Crippen LogP contribution in [0, 0.1) is 5.92 Å². The number of Topliss-reactive ketones (excluding diaryl/α,β-unsaturated/α-hetero) is 1. The van der Waals surface area contributed by atoms with Gasteiger partial charge in [0, 0.05) is 22.9 Å². The van der Waals surface area contributed by atoms with Crippen molar-refractivity contribution in [3.8, 4) is 0 Å². The third-order valence-corrected chi connectivity index (χ3v) is 3.37. The molecule has 0 aromatic heterocycles. The molecule has 22 heavy (non-hydrogen) atoms. The quantitative estimate of drug-likeness (QED) is 0.754. The number of nitrogens with one attached hydrogen (secondary N) is 1. The van der Waals surface area contributed by atoms with Crippen LogP contribution in [0.15, 0.2) is 54.6 Å². The van der Waals surface area contributed by atoms with E-state index in [-0.39, 0.29) is 17.8 Å². The first kappa shape index (κ1) is 16.2. The van der Waals surface area contributed by atoms with Crippen LogP contribution in [0.25, 0.3) is 0 Å². The molecule has 2 aromatic carbocycles. The van der Waals surface area contributed by atoms with Crippen molar-refractivity contribution >= 4 is 17.2 Å². The van der Waals surface area contributed by atoms with Gasteiger partial charge in [-0.15, -0.1) is 0 Å². The molecule has 116 valence electrons. The van der Waals surface area contributed by atoms with Gasteiger partial charge >= 0.3 is 0 Å². The van der Waals surface area contributed by atoms with E-state index in [1.807, 2.05) is 75.4 Å². The Morgan fingerprint density at radius 1 is 1.00 bits per heavy atom. The monoisotopic (exact) mass is 297 g/mol. The van der Waals surface area contributed by atoms with E-state index in [9.17, 15) is 4.79 Å². The number of ketones is 1. The second-order valence-corrected chi connectivity index (χ2v) is 5.68. The van der Waals surface area contributed by atoms with Gasteiger partial charge in [-0.3, -0.25) is 4.79 Å². The van der Waals surface area contributed by atoms with Crippen LogP contribution in [0.3, 0.4) is 0 Å². The van der Waals surface area contributed by atoms with Gasteiger partial charge in [0.15, 0.2) is 5.78 Å². The van der Waals surface area contributed by atoms with E-state index in [0.29, 0.717) is 12.2 Å². The van der Waals surface area contributed by atoms with Crippen molar-refractivity contribution < 1.29 is 9.53 Å². The molecule has 1 N–H and O–H groups in total. The van der Waals surface area contributed by atoms with Crippen molar-refractivity contribution in [2.24, 2.45) is 5.92 Å². The fourth-order valence-electron chi connectivity index (χ4n) is 2.16. The smallest absolute Gasteiger partial charge is 0.170 e. The molecule has 1 unspecified atom stereocenters. The minimum Gasteiger partial charge on any atom is -0.378 e. The first-order valence-corrected chi connectivity index (χ1v) is 7.65. The molecule has 0 saturated carbocycles. The summed E-state index contributed by atoms with van der Waals surface area (Å²) in [5.74, 6) is -0.0687. The second-order valence-electron chi connectivity index (χ2n) is 5.68. The fraction of sp³-hybridized carbons (Fsp3) is 0.316. The minimum absolute atomic E-state index is 0.0969. The molecule has 0 bridgehead atoms. The van der Waals surface area contributed by atoms with Gasteiger partial charge in [0.1, 0.15) is 0 Å². The van der Waals surface area contributed by atoms with E-state index in [1.165, 1.54) is 0 Å². The van der Waals surface area contributed by atoms with Crippen LogP contribution in [-0.2, 0) is 4.74 Å². The third-order valence-electron chi connectivity index (χ3n) is 3.37. The number of ether oxygens (including phenoxy) is 1. The predicted octanol–water partition coefficient (Wildman–Crippen LogP) is 4.67. The van der Waals surface area contributed by atoms with Crippen LogP contribution < -0.4 is 5.32 Å². The molecule has 0 heterocycles. The Morgan fingerprint density at radius 3 is 2.32 bits per heavy atom. The Hall–Kier alpha value is -2.13. The molecule has 0 amide bonds. The summed E-state index contributed by atoms with van der Waals surface area (Å²) in [6, 6.07) is 17.5. The Labute approximate surface area is 132 Å². The highest BCUT2D eigenvalue weighted by molar-refractivity contribution is 6.03. The third kappa shape index (κ3) is 4.43. The fourth-order valence-corrected chi connectivity index (χ4v) is 2.16. The average molecular weight is 297 g/mol. The highest BCUT2D eigenvalue weighted by Gasteiger charge is 2.19. The number of hydrogen-bond acceptors (Lipinski definition) is 3. The van der Waals surface area contributed by atoms with Gasteiger partial charge in [-0.2, -0.15) is 0 Å². The van der Waals surface area contributed by atoms with Crippen LogP contribution in [0.1, 0.15) is 31.1 Å². The van der Waals surface area contributed by atoms with Crippen LogP contribution in [-0.4, -0.2) is 18.5 Å². The van der Waals surface area contributed by atoms with Crippen molar-refractivity contribution in [2.45, 2.75) is 26.9 Å². The topological polar surface area (TPSA) is 38.3 Å². The number of para-hydroxylation sites is 2. The molecule has 3 nitrogen and oxygen atoms in total. The molecule has 3 heteroatoms. The highest BCUT2D eigenvalue weighted by Crippen LogP contribution is 2.23. The number of anilines is 2. The van der Waals surface area contributed by atoms with E-state index in [2.05, 4.69) is 5.32 Å². The predicted molar refractivity (Wildman–Crippen MR) is 90.7 cm³/mol. The SMILES string of the molecule is CC(C)OCC(C)C(=O)c1ccccc1Nc1ccccc1. The zero-order chi connectivity index (χ0) is 15.9. The largest absolute Gasteiger partial charge is 0.378 e. The van der Waals surface area contributed by atoms with Gasteiger partial charge in [-0.05, 0) is 38.1 Å². The second kappa shape index (κ2) is 7.76. The molecule has 0 saturated heterocycles. The van der Waals surface area contributed by atoms with Gasteiger partial charge in [0.05, 0.1) is 12.7 Å². The van der Waals surface area contributed by atoms with Gasteiger partial charge in [0.2, 0.25) is 0 Å². The van der Waals surface area contributed by atoms with E-state index in [1.54, 1.807) is 0 Å². The summed E-state index contributed by atoms with van der Waals surface area (Å²) in [4.78, 5) is 12.6. The number of rotatable bonds is 7. The molecule has 0 aliphatic carbocycles. The molecule has 0 radical (unpaired) electrons. The first-order chi connectivity index (χ1) is 10.6. The summed E-state index contributed by atoms with van der Waals surface area (Å²) in [6.07, 6.45) is 0.132. The summed E-state index contributed by atoms with van der Waals surface area (Å²) < 4.78 is 5.56. The molecule has 2 rings (SSSR count). The first-order valence-electron chi connectivity index (χ1n) is 7.65. The molecule has 0 fully saturated rings. The molecular weight excluding hydrogens is 274 g/mol. The van der Waals surface area contributed by atoms with Gasteiger partial charge in [0.25, 0.3) is 0 Å². The van der Waals surface area contributed by atoms with Crippen LogP contribution in [0.4, 0.5) is 11.4 Å². The van der Waals surface area contributed by atoms with Crippen molar-refractivity contribution in [2.75, 3.05) is 11.9 Å². The van der Waals surface area contributed by atoms with Crippen LogP contribution in [0.2, 0.25) is 0 Å². The summed E-state index contributed by atoms with van der Waals surface area (Å²) >= 11 is 0. The lowest BCUT2D eigenvalue weighted by Gasteiger charge is -2.16. The molecule has 0 spiro atoms. The maximum Gasteiger partial charge on any atom is 0.170 e. The van der Waals surface area contributed by atoms with Crippen molar-refractivity contribution in [1.82, 2.24) is 0 Å². The number of carbonyl (C=O) groups excluding carboxylic acids is 1. The van der Waals surface area contributed by atoms with Crippen molar-refractivity contribution in [3.05, 3.63) is 60.2 Å². The average Bonchev–Trinajstić information content (AvgIpc) is 2.53. The lowest BCUT2D eigenvalue weighted by atomic mass is 9.98. The standard InChI is InChI=1S/C19H23NO2/c1-14(2)22-13-15(3)19(21)17-11-7-8-12-18(17)20-16-9-5-4-6-10-16/h4-12,14-15,20H,13H2,1-3H3. The minimum atomic E-state index is -0.166. The summed E-state index contributed by atoms with van der Waals surface area (Å²) in [6.45, 7) is 6.30. The number of carbonyl (C=O) groups is 1. The Bertz CT molecular complexity index is 608. The Balaban J connectivity index is 2.15. The Kier molecular flexibility index (Phi) is 5.73. The number of benzene rings is 2. The maximum absolute atomic E-state index is 12.6. The van der Waals surface area contributed by atoms with Crippen LogP contribution >= 0.6 is 0 Å². The van der Waals surface area contributed by atoms with Gasteiger partial charge in [-0.1, -0.05) is 37.3 Å².